The lowest BCUT2D eigenvalue weighted by Crippen LogP contribution is -2.30. The number of nitrogens with one attached hydrogen (secondary N) is 1. The minimum Gasteiger partial charge on any atom is -0.340 e. The predicted octanol–water partition coefficient (Wildman–Crippen LogP) is 1.73. The van der Waals surface area contributed by atoms with Crippen molar-refractivity contribution in [3.63, 3.8) is 0 Å². The summed E-state index contributed by atoms with van der Waals surface area (Å²) in [5.41, 5.74) is 5.35. The minimum absolute atomic E-state index is 0.149. The Balaban J connectivity index is 1.76. The zero-order chi connectivity index (χ0) is 12.5. The van der Waals surface area contributed by atoms with Gasteiger partial charge in [-0.15, -0.1) is 0 Å². The zero-order valence-corrected chi connectivity index (χ0v) is 10.5. The van der Waals surface area contributed by atoms with Gasteiger partial charge in [-0.2, -0.15) is 0 Å². The quantitative estimate of drug-likeness (QED) is 0.634. The third-order valence-corrected chi connectivity index (χ3v) is 3.72. The van der Waals surface area contributed by atoms with Crippen LogP contribution in [-0.2, 0) is 7.05 Å². The van der Waals surface area contributed by atoms with Crippen molar-refractivity contribution in [2.45, 2.75) is 18.4 Å². The Morgan fingerprint density at radius 2 is 2.17 bits per heavy atom. The summed E-state index contributed by atoms with van der Waals surface area (Å²) in [7, 11) is 1.98. The third kappa shape index (κ3) is 2.05. The van der Waals surface area contributed by atoms with Crippen LogP contribution in [0.4, 0.5) is 0 Å². The van der Waals surface area contributed by atoms with E-state index in [1.165, 1.54) is 12.0 Å². The van der Waals surface area contributed by atoms with E-state index in [-0.39, 0.29) is 6.04 Å². The van der Waals surface area contributed by atoms with Crippen molar-refractivity contribution in [1.82, 2.24) is 15.0 Å². The molecule has 4 nitrogen and oxygen atoms in total. The number of nitrogens with zero attached hydrogens (tertiary/aromatic N) is 2. The van der Waals surface area contributed by atoms with E-state index in [0.29, 0.717) is 11.8 Å². The van der Waals surface area contributed by atoms with Crippen LogP contribution in [0.2, 0.25) is 0 Å². The summed E-state index contributed by atoms with van der Waals surface area (Å²) >= 11 is 0. The first-order chi connectivity index (χ1) is 8.79. The van der Waals surface area contributed by atoms with Gasteiger partial charge in [-0.3, -0.25) is 11.3 Å². The smallest absolute Gasteiger partial charge is 0.0947 e. The molecule has 1 aliphatic rings. The first kappa shape index (κ1) is 11.4. The summed E-state index contributed by atoms with van der Waals surface area (Å²) in [6, 6.07) is 10.8. The average Bonchev–Trinajstić information content (AvgIpc) is 3.07. The van der Waals surface area contributed by atoms with Crippen molar-refractivity contribution in [2.75, 3.05) is 0 Å². The summed E-state index contributed by atoms with van der Waals surface area (Å²) in [4.78, 5) is 4.40. The molecule has 0 radical (unpaired) electrons. The second-order valence-corrected chi connectivity index (χ2v) is 5.03. The molecule has 0 spiro atoms. The lowest BCUT2D eigenvalue weighted by atomic mass is 10.0. The molecule has 0 amide bonds. The highest BCUT2D eigenvalue weighted by atomic mass is 15.2. The molecule has 3 N–H and O–H groups in total. The maximum atomic E-state index is 5.70. The Morgan fingerprint density at radius 3 is 2.78 bits per heavy atom. The third-order valence-electron chi connectivity index (χ3n) is 3.72. The molecule has 0 bridgehead atoms. The highest BCUT2D eigenvalue weighted by Gasteiger charge is 2.44. The molecule has 0 aliphatic heterocycles. The van der Waals surface area contributed by atoms with Crippen LogP contribution in [0.3, 0.4) is 0 Å². The van der Waals surface area contributed by atoms with Gasteiger partial charge in [0.25, 0.3) is 0 Å². The molecule has 1 aromatic heterocycles. The molecule has 2 aromatic rings. The highest BCUT2D eigenvalue weighted by Crippen LogP contribution is 2.53. The van der Waals surface area contributed by atoms with Crippen LogP contribution in [0.5, 0.6) is 0 Å². The Bertz CT molecular complexity index is 520. The lowest BCUT2D eigenvalue weighted by molar-refractivity contribution is 0.477. The Labute approximate surface area is 107 Å². The molecule has 1 saturated carbocycles. The van der Waals surface area contributed by atoms with Crippen LogP contribution in [0.15, 0.2) is 42.9 Å². The largest absolute Gasteiger partial charge is 0.340 e. The van der Waals surface area contributed by atoms with Gasteiger partial charge in [0.2, 0.25) is 0 Å². The van der Waals surface area contributed by atoms with Crippen molar-refractivity contribution < 1.29 is 0 Å². The highest BCUT2D eigenvalue weighted by molar-refractivity contribution is 5.28. The predicted molar refractivity (Wildman–Crippen MR) is 70.6 cm³/mol. The van der Waals surface area contributed by atoms with E-state index < -0.39 is 0 Å². The molecule has 1 aliphatic carbocycles. The van der Waals surface area contributed by atoms with Crippen LogP contribution in [-0.4, -0.2) is 9.55 Å². The van der Waals surface area contributed by atoms with Crippen molar-refractivity contribution in [3.05, 3.63) is 54.1 Å². The second kappa shape index (κ2) is 4.55. The van der Waals surface area contributed by atoms with Gasteiger partial charge in [0.15, 0.2) is 0 Å². The van der Waals surface area contributed by atoms with Crippen LogP contribution in [0.25, 0.3) is 0 Å². The number of rotatable bonds is 4. The van der Waals surface area contributed by atoms with Gasteiger partial charge in [0, 0.05) is 13.2 Å². The average molecular weight is 242 g/mol. The number of benzene rings is 1. The Kier molecular flexibility index (Phi) is 2.89. The summed E-state index contributed by atoms with van der Waals surface area (Å²) in [5.74, 6) is 6.85. The van der Waals surface area contributed by atoms with Crippen LogP contribution in [0.1, 0.15) is 29.6 Å². The summed E-state index contributed by atoms with van der Waals surface area (Å²) in [6.45, 7) is 0. The fourth-order valence-electron chi connectivity index (χ4n) is 2.69. The van der Waals surface area contributed by atoms with Crippen molar-refractivity contribution >= 4 is 0 Å². The van der Waals surface area contributed by atoms with E-state index in [1.807, 2.05) is 24.1 Å². The monoisotopic (exact) mass is 242 g/mol. The molecule has 1 aromatic carbocycles. The number of hydrogen-bond acceptors (Lipinski definition) is 3. The van der Waals surface area contributed by atoms with E-state index >= 15 is 0 Å². The van der Waals surface area contributed by atoms with Gasteiger partial charge in [-0.05, 0) is 23.8 Å². The fraction of sp³-hybridized carbons (Fsp3) is 0.357. The number of hydrogen-bond donors (Lipinski definition) is 2. The van der Waals surface area contributed by atoms with E-state index in [9.17, 15) is 0 Å². The molecule has 0 saturated heterocycles. The van der Waals surface area contributed by atoms with E-state index in [0.717, 1.165) is 5.69 Å². The first-order valence-corrected chi connectivity index (χ1v) is 6.28. The maximum absolute atomic E-state index is 5.70. The zero-order valence-electron chi connectivity index (χ0n) is 10.5. The minimum atomic E-state index is 0.149. The Morgan fingerprint density at radius 1 is 1.39 bits per heavy atom. The summed E-state index contributed by atoms with van der Waals surface area (Å²) in [6.07, 6.45) is 5.03. The molecule has 18 heavy (non-hydrogen) atoms. The molecule has 1 heterocycles. The van der Waals surface area contributed by atoms with E-state index in [4.69, 9.17) is 5.84 Å². The van der Waals surface area contributed by atoms with Crippen LogP contribution < -0.4 is 11.3 Å². The van der Waals surface area contributed by atoms with Gasteiger partial charge < -0.3 is 4.57 Å². The van der Waals surface area contributed by atoms with Gasteiger partial charge in [0.05, 0.1) is 18.1 Å². The van der Waals surface area contributed by atoms with Crippen LogP contribution in [0, 0.1) is 5.92 Å². The van der Waals surface area contributed by atoms with Crippen molar-refractivity contribution in [2.24, 2.45) is 18.8 Å². The number of hydrazine groups is 1. The second-order valence-electron chi connectivity index (χ2n) is 5.03. The van der Waals surface area contributed by atoms with Gasteiger partial charge >= 0.3 is 0 Å². The normalized spacial score (nSPS) is 23.9. The number of aromatic nitrogens is 2. The fourth-order valence-corrected chi connectivity index (χ4v) is 2.69. The van der Waals surface area contributed by atoms with Gasteiger partial charge in [-0.1, -0.05) is 30.3 Å². The van der Waals surface area contributed by atoms with E-state index in [1.54, 1.807) is 0 Å². The molecule has 3 rings (SSSR count). The van der Waals surface area contributed by atoms with Crippen LogP contribution >= 0.6 is 0 Å². The molecule has 1 fully saturated rings. The first-order valence-electron chi connectivity index (χ1n) is 6.28. The topological polar surface area (TPSA) is 55.9 Å². The van der Waals surface area contributed by atoms with Crippen molar-refractivity contribution in [3.8, 4) is 0 Å². The molecule has 3 atom stereocenters. The SMILES string of the molecule is Cn1cnc(C(NN)C2CC2c2ccccc2)c1. The number of nitrogens with two attached hydrogens (primary N) is 1. The Hall–Kier alpha value is -1.65. The molecule has 4 heteroatoms. The van der Waals surface area contributed by atoms with E-state index in [2.05, 4.69) is 40.7 Å². The summed E-state index contributed by atoms with van der Waals surface area (Å²) < 4.78 is 1.96. The lowest BCUT2D eigenvalue weighted by Gasteiger charge is -2.13. The molecule has 3 unspecified atom stereocenters. The maximum Gasteiger partial charge on any atom is 0.0947 e. The number of imidazole rings is 1. The summed E-state index contributed by atoms with van der Waals surface area (Å²) in [5, 5.41) is 0. The molecular weight excluding hydrogens is 224 g/mol. The van der Waals surface area contributed by atoms with Gasteiger partial charge in [0.1, 0.15) is 0 Å². The molecule has 94 valence electrons. The standard InChI is InChI=1S/C14H18N4/c1-18-8-13(16-9-18)14(17-15)12-7-11(12)10-5-3-2-4-6-10/h2-6,8-9,11-12,14,17H,7,15H2,1H3. The molecular formula is C14H18N4. The number of aryl methyl sites for hydroxylation is 1. The van der Waals surface area contributed by atoms with Gasteiger partial charge in [-0.25, -0.2) is 4.98 Å². The van der Waals surface area contributed by atoms with Crippen molar-refractivity contribution in [1.29, 1.82) is 0 Å².